The predicted octanol–water partition coefficient (Wildman–Crippen LogP) is 0.536. The summed E-state index contributed by atoms with van der Waals surface area (Å²) >= 11 is 0. The molecule has 0 spiro atoms. The molecule has 0 saturated carbocycles. The zero-order valence-electron chi connectivity index (χ0n) is 12.4. The minimum absolute atomic E-state index is 0.0957. The van der Waals surface area contributed by atoms with Gasteiger partial charge in [0, 0.05) is 0 Å². The summed E-state index contributed by atoms with van der Waals surface area (Å²) in [5.41, 5.74) is -1.54. The SMILES string of the molecule is CC1(C)OCC(n2cc([Si](C)(C)C)nn2)([N+](=O)[O-])CO1. The Morgan fingerprint density at radius 1 is 1.35 bits per heavy atom. The molecule has 1 aromatic rings. The topological polar surface area (TPSA) is 92.3 Å². The minimum atomic E-state index is -1.67. The maximum atomic E-state index is 11.5. The highest BCUT2D eigenvalue weighted by Crippen LogP contribution is 2.28. The van der Waals surface area contributed by atoms with E-state index < -0.39 is 24.4 Å². The number of hydrogen-bond acceptors (Lipinski definition) is 6. The third kappa shape index (κ3) is 2.60. The lowest BCUT2D eigenvalue weighted by atomic mass is 10.1. The fourth-order valence-electron chi connectivity index (χ4n) is 1.79. The first kappa shape index (κ1) is 15.1. The van der Waals surface area contributed by atoms with E-state index in [1.165, 1.54) is 4.68 Å². The zero-order chi connectivity index (χ0) is 15.2. The lowest BCUT2D eigenvalue weighted by Crippen LogP contribution is -2.57. The first-order valence-electron chi connectivity index (χ1n) is 6.43. The van der Waals surface area contributed by atoms with Crippen molar-refractivity contribution in [2.45, 2.75) is 44.9 Å². The molecule has 8 nitrogen and oxygen atoms in total. The first-order valence-corrected chi connectivity index (χ1v) is 9.93. The fourth-order valence-corrected chi connectivity index (χ4v) is 2.65. The second-order valence-electron chi connectivity index (χ2n) is 6.52. The van der Waals surface area contributed by atoms with Gasteiger partial charge in [-0.3, -0.25) is 10.1 Å². The molecule has 1 aliphatic heterocycles. The molecular weight excluding hydrogens is 280 g/mol. The van der Waals surface area contributed by atoms with Crippen LogP contribution in [0.5, 0.6) is 0 Å². The Balaban J connectivity index is 2.35. The van der Waals surface area contributed by atoms with Gasteiger partial charge in [0.1, 0.15) is 21.3 Å². The fraction of sp³-hybridized carbons (Fsp3) is 0.818. The Labute approximate surface area is 118 Å². The molecule has 0 N–H and O–H groups in total. The van der Waals surface area contributed by atoms with Gasteiger partial charge in [-0.2, -0.15) is 4.68 Å². The lowest BCUT2D eigenvalue weighted by Gasteiger charge is -2.37. The Morgan fingerprint density at radius 2 is 1.90 bits per heavy atom. The highest BCUT2D eigenvalue weighted by molar-refractivity contribution is 6.88. The van der Waals surface area contributed by atoms with E-state index in [4.69, 9.17) is 9.47 Å². The number of nitrogens with zero attached hydrogens (tertiary/aromatic N) is 4. The van der Waals surface area contributed by atoms with Crippen molar-refractivity contribution in [1.29, 1.82) is 0 Å². The van der Waals surface area contributed by atoms with Crippen molar-refractivity contribution in [3.8, 4) is 0 Å². The van der Waals surface area contributed by atoms with Crippen molar-refractivity contribution < 1.29 is 14.4 Å². The molecule has 0 radical (unpaired) electrons. The third-order valence-corrected chi connectivity index (χ3v) is 5.10. The van der Waals surface area contributed by atoms with E-state index in [0.717, 1.165) is 5.32 Å². The Kier molecular flexibility index (Phi) is 3.47. The zero-order valence-corrected chi connectivity index (χ0v) is 13.4. The molecule has 112 valence electrons. The number of aromatic nitrogens is 3. The van der Waals surface area contributed by atoms with Gasteiger partial charge in [0.15, 0.2) is 5.79 Å². The van der Waals surface area contributed by atoms with E-state index in [1.807, 2.05) is 0 Å². The standard InChI is InChI=1S/C11H20N4O4Si/c1-10(2)18-7-11(8-19-10,15(16)17)14-6-9(12-13-14)20(3,4)5/h6H,7-8H2,1-5H3. The molecule has 0 unspecified atom stereocenters. The van der Waals surface area contributed by atoms with E-state index in [1.54, 1.807) is 20.0 Å². The van der Waals surface area contributed by atoms with Crippen molar-refractivity contribution in [2.24, 2.45) is 0 Å². The van der Waals surface area contributed by atoms with Crippen LogP contribution in [-0.4, -0.2) is 47.0 Å². The van der Waals surface area contributed by atoms with Crippen molar-refractivity contribution in [3.05, 3.63) is 16.3 Å². The van der Waals surface area contributed by atoms with Crippen LogP contribution in [0.15, 0.2) is 6.20 Å². The summed E-state index contributed by atoms with van der Waals surface area (Å²) in [6, 6.07) is 0. The maximum Gasteiger partial charge on any atom is 0.361 e. The van der Waals surface area contributed by atoms with Gasteiger partial charge in [0.05, 0.1) is 16.4 Å². The molecule has 20 heavy (non-hydrogen) atoms. The summed E-state index contributed by atoms with van der Waals surface area (Å²) in [5.74, 6) is -0.818. The Morgan fingerprint density at radius 3 is 2.30 bits per heavy atom. The van der Waals surface area contributed by atoms with Crippen LogP contribution in [0, 0.1) is 10.1 Å². The second kappa shape index (κ2) is 4.60. The minimum Gasteiger partial charge on any atom is -0.341 e. The van der Waals surface area contributed by atoms with Crippen molar-refractivity contribution in [1.82, 2.24) is 15.0 Å². The molecule has 0 amide bonds. The van der Waals surface area contributed by atoms with E-state index in [9.17, 15) is 10.1 Å². The molecule has 0 bridgehead atoms. The summed E-state index contributed by atoms with van der Waals surface area (Å²) in [6.45, 7) is 9.59. The van der Waals surface area contributed by atoms with Gasteiger partial charge in [-0.05, 0) is 13.8 Å². The van der Waals surface area contributed by atoms with Crippen LogP contribution in [0.2, 0.25) is 19.6 Å². The summed E-state index contributed by atoms with van der Waals surface area (Å²) < 4.78 is 12.2. The molecule has 9 heteroatoms. The van der Waals surface area contributed by atoms with Crippen molar-refractivity contribution in [2.75, 3.05) is 13.2 Å². The smallest absolute Gasteiger partial charge is 0.341 e. The van der Waals surface area contributed by atoms with E-state index in [2.05, 4.69) is 30.0 Å². The Bertz CT molecular complexity index is 513. The quantitative estimate of drug-likeness (QED) is 0.459. The van der Waals surface area contributed by atoms with Gasteiger partial charge in [0.2, 0.25) is 0 Å². The molecule has 1 aromatic heterocycles. The van der Waals surface area contributed by atoms with Gasteiger partial charge in [-0.15, -0.1) is 5.10 Å². The van der Waals surface area contributed by atoms with E-state index in [0.29, 0.717) is 0 Å². The molecule has 2 heterocycles. The van der Waals surface area contributed by atoms with E-state index in [-0.39, 0.29) is 13.2 Å². The summed E-state index contributed by atoms with van der Waals surface area (Å²) in [7, 11) is -1.67. The summed E-state index contributed by atoms with van der Waals surface area (Å²) in [5, 5.41) is 20.4. The van der Waals surface area contributed by atoms with Crippen LogP contribution < -0.4 is 5.32 Å². The number of rotatable bonds is 3. The average Bonchev–Trinajstić information content (AvgIpc) is 2.78. The predicted molar refractivity (Wildman–Crippen MR) is 74.0 cm³/mol. The highest BCUT2D eigenvalue weighted by atomic mass is 28.3. The molecular formula is C11H20N4O4Si. The van der Waals surface area contributed by atoms with Crippen LogP contribution >= 0.6 is 0 Å². The first-order chi connectivity index (χ1) is 9.07. The lowest BCUT2D eigenvalue weighted by molar-refractivity contribution is -0.629. The monoisotopic (exact) mass is 300 g/mol. The van der Waals surface area contributed by atoms with Crippen molar-refractivity contribution in [3.63, 3.8) is 0 Å². The molecule has 0 aromatic carbocycles. The normalized spacial score (nSPS) is 21.6. The molecule has 1 aliphatic rings. The van der Waals surface area contributed by atoms with Gasteiger partial charge in [0.25, 0.3) is 0 Å². The maximum absolute atomic E-state index is 11.5. The van der Waals surface area contributed by atoms with E-state index >= 15 is 0 Å². The highest BCUT2D eigenvalue weighted by Gasteiger charge is 2.53. The number of nitro groups is 1. The Hall–Kier alpha value is -1.32. The molecule has 2 rings (SSSR count). The summed E-state index contributed by atoms with van der Waals surface area (Å²) in [4.78, 5) is 11.1. The third-order valence-electron chi connectivity index (χ3n) is 3.33. The van der Waals surface area contributed by atoms with Crippen LogP contribution in [0.25, 0.3) is 0 Å². The van der Waals surface area contributed by atoms with Crippen LogP contribution in [0.1, 0.15) is 13.8 Å². The van der Waals surface area contributed by atoms with Crippen LogP contribution in [0.3, 0.4) is 0 Å². The van der Waals surface area contributed by atoms with Crippen molar-refractivity contribution >= 4 is 13.4 Å². The molecule has 1 saturated heterocycles. The number of ether oxygens (including phenoxy) is 2. The molecule has 0 atom stereocenters. The van der Waals surface area contributed by atoms with Gasteiger partial charge in [-0.1, -0.05) is 24.9 Å². The van der Waals surface area contributed by atoms with Gasteiger partial charge >= 0.3 is 5.66 Å². The van der Waals surface area contributed by atoms with Gasteiger partial charge in [-0.25, -0.2) is 0 Å². The molecule has 1 fully saturated rings. The molecule has 0 aliphatic carbocycles. The number of hydrogen-bond donors (Lipinski definition) is 0. The van der Waals surface area contributed by atoms with Gasteiger partial charge < -0.3 is 9.47 Å². The second-order valence-corrected chi connectivity index (χ2v) is 11.5. The average molecular weight is 300 g/mol. The largest absolute Gasteiger partial charge is 0.361 e. The summed E-state index contributed by atoms with van der Waals surface area (Å²) in [6.07, 6.45) is 1.65. The van der Waals surface area contributed by atoms with Crippen LogP contribution in [-0.2, 0) is 15.1 Å². The van der Waals surface area contributed by atoms with Crippen LogP contribution in [0.4, 0.5) is 0 Å².